The van der Waals surface area contributed by atoms with E-state index in [0.717, 1.165) is 4.47 Å². The number of hydrogen-bond donors (Lipinski definition) is 2. The molecule has 0 unspecified atom stereocenters. The first-order valence-corrected chi connectivity index (χ1v) is 6.68. The molecular weight excluding hydrogens is 330 g/mol. The van der Waals surface area contributed by atoms with Gasteiger partial charge in [0.2, 0.25) is 0 Å². The lowest BCUT2D eigenvalue weighted by molar-refractivity contribution is 0.102. The van der Waals surface area contributed by atoms with Gasteiger partial charge in [-0.1, -0.05) is 33.6 Å². The molecule has 2 aromatic rings. The van der Waals surface area contributed by atoms with Gasteiger partial charge in [-0.15, -0.1) is 0 Å². The molecule has 1 aromatic carbocycles. The molecule has 0 radical (unpaired) electrons. The third-order valence-corrected chi connectivity index (χ3v) is 3.20. The van der Waals surface area contributed by atoms with Crippen molar-refractivity contribution in [3.63, 3.8) is 0 Å². The summed E-state index contributed by atoms with van der Waals surface area (Å²) in [5, 5.41) is 5.92. The first-order chi connectivity index (χ1) is 9.10. The first-order valence-electron chi connectivity index (χ1n) is 5.51. The number of amides is 1. The SMILES string of the molecule is CNc1ccc(Cl)c(C(=O)Nc2cccc(Br)c2)n1. The average Bonchev–Trinajstić information content (AvgIpc) is 2.39. The lowest BCUT2D eigenvalue weighted by atomic mass is 10.3. The lowest BCUT2D eigenvalue weighted by Gasteiger charge is -2.08. The van der Waals surface area contributed by atoms with Crippen molar-refractivity contribution in [3.8, 4) is 0 Å². The minimum Gasteiger partial charge on any atom is -0.373 e. The number of anilines is 2. The Kier molecular flexibility index (Phi) is 4.39. The van der Waals surface area contributed by atoms with E-state index >= 15 is 0 Å². The fraction of sp³-hybridized carbons (Fsp3) is 0.0769. The first kappa shape index (κ1) is 13.8. The lowest BCUT2D eigenvalue weighted by Crippen LogP contribution is -2.15. The maximum Gasteiger partial charge on any atom is 0.275 e. The molecule has 0 aliphatic heterocycles. The molecule has 4 nitrogen and oxygen atoms in total. The van der Waals surface area contributed by atoms with Crippen LogP contribution in [0.25, 0.3) is 0 Å². The fourth-order valence-electron chi connectivity index (χ4n) is 1.50. The highest BCUT2D eigenvalue weighted by Crippen LogP contribution is 2.20. The molecule has 0 fully saturated rings. The molecule has 98 valence electrons. The Bertz CT molecular complexity index is 619. The molecule has 0 saturated carbocycles. The molecule has 6 heteroatoms. The van der Waals surface area contributed by atoms with Crippen molar-refractivity contribution in [2.75, 3.05) is 17.7 Å². The summed E-state index contributed by atoms with van der Waals surface area (Å²) in [5.74, 6) is 0.240. The summed E-state index contributed by atoms with van der Waals surface area (Å²) in [6.07, 6.45) is 0. The van der Waals surface area contributed by atoms with Gasteiger partial charge in [0.15, 0.2) is 0 Å². The number of carbonyl (C=O) groups excluding carboxylic acids is 1. The molecule has 0 atom stereocenters. The van der Waals surface area contributed by atoms with E-state index in [0.29, 0.717) is 16.5 Å². The molecule has 2 rings (SSSR count). The van der Waals surface area contributed by atoms with Crippen molar-refractivity contribution in [1.29, 1.82) is 0 Å². The summed E-state index contributed by atoms with van der Waals surface area (Å²) >= 11 is 9.33. The van der Waals surface area contributed by atoms with E-state index in [1.54, 1.807) is 31.3 Å². The minimum absolute atomic E-state index is 0.188. The van der Waals surface area contributed by atoms with Crippen molar-refractivity contribution >= 4 is 44.9 Å². The number of hydrogen-bond acceptors (Lipinski definition) is 3. The normalized spacial score (nSPS) is 10.1. The van der Waals surface area contributed by atoms with Gasteiger partial charge in [-0.25, -0.2) is 4.98 Å². The Hall–Kier alpha value is -1.59. The van der Waals surface area contributed by atoms with Gasteiger partial charge in [0, 0.05) is 17.2 Å². The number of nitrogens with one attached hydrogen (secondary N) is 2. The van der Waals surface area contributed by atoms with Gasteiger partial charge in [-0.2, -0.15) is 0 Å². The van der Waals surface area contributed by atoms with Crippen LogP contribution in [0.5, 0.6) is 0 Å². The maximum atomic E-state index is 12.1. The third-order valence-electron chi connectivity index (χ3n) is 2.40. The van der Waals surface area contributed by atoms with Crippen LogP contribution in [0.3, 0.4) is 0 Å². The molecule has 0 spiro atoms. The van der Waals surface area contributed by atoms with Crippen molar-refractivity contribution in [3.05, 3.63) is 51.6 Å². The zero-order valence-electron chi connectivity index (χ0n) is 10.1. The van der Waals surface area contributed by atoms with E-state index in [2.05, 4.69) is 31.5 Å². The van der Waals surface area contributed by atoms with Crippen molar-refractivity contribution in [2.45, 2.75) is 0 Å². The van der Waals surface area contributed by atoms with Crippen LogP contribution in [0.1, 0.15) is 10.5 Å². The van der Waals surface area contributed by atoms with Crippen LogP contribution in [0.4, 0.5) is 11.5 Å². The van der Waals surface area contributed by atoms with Crippen molar-refractivity contribution < 1.29 is 4.79 Å². The fourth-order valence-corrected chi connectivity index (χ4v) is 2.09. The standard InChI is InChI=1S/C13H11BrClN3O/c1-16-11-6-5-10(15)12(18-11)13(19)17-9-4-2-3-8(14)7-9/h2-7H,1H3,(H,16,18)(H,17,19). The Morgan fingerprint density at radius 3 is 2.79 bits per heavy atom. The van der Waals surface area contributed by atoms with Gasteiger partial charge in [0.05, 0.1) is 5.02 Å². The average molecular weight is 341 g/mol. The summed E-state index contributed by atoms with van der Waals surface area (Å²) in [7, 11) is 1.73. The van der Waals surface area contributed by atoms with E-state index in [1.165, 1.54) is 0 Å². The third kappa shape index (κ3) is 3.45. The van der Waals surface area contributed by atoms with Gasteiger partial charge in [0.25, 0.3) is 5.91 Å². The second kappa shape index (κ2) is 6.04. The Morgan fingerprint density at radius 1 is 1.32 bits per heavy atom. The minimum atomic E-state index is -0.347. The van der Waals surface area contributed by atoms with Gasteiger partial charge < -0.3 is 10.6 Å². The highest BCUT2D eigenvalue weighted by molar-refractivity contribution is 9.10. The Morgan fingerprint density at radius 2 is 2.11 bits per heavy atom. The summed E-state index contributed by atoms with van der Waals surface area (Å²) < 4.78 is 0.883. The highest BCUT2D eigenvalue weighted by atomic mass is 79.9. The second-order valence-electron chi connectivity index (χ2n) is 3.74. The quantitative estimate of drug-likeness (QED) is 0.894. The smallest absolute Gasteiger partial charge is 0.275 e. The summed E-state index contributed by atoms with van der Waals surface area (Å²) in [6.45, 7) is 0. The van der Waals surface area contributed by atoms with Crippen LogP contribution in [0.2, 0.25) is 5.02 Å². The van der Waals surface area contributed by atoms with E-state index in [1.807, 2.05) is 12.1 Å². The zero-order chi connectivity index (χ0) is 13.8. The van der Waals surface area contributed by atoms with Gasteiger partial charge in [0.1, 0.15) is 11.5 Å². The predicted octanol–water partition coefficient (Wildman–Crippen LogP) is 3.79. The maximum absolute atomic E-state index is 12.1. The zero-order valence-corrected chi connectivity index (χ0v) is 12.4. The van der Waals surface area contributed by atoms with E-state index in [9.17, 15) is 4.79 Å². The summed E-state index contributed by atoms with van der Waals surface area (Å²) in [5.41, 5.74) is 0.862. The molecule has 1 heterocycles. The van der Waals surface area contributed by atoms with Gasteiger partial charge in [-0.3, -0.25) is 4.79 Å². The highest BCUT2D eigenvalue weighted by Gasteiger charge is 2.13. The number of carbonyl (C=O) groups is 1. The van der Waals surface area contributed by atoms with Crippen LogP contribution in [0.15, 0.2) is 40.9 Å². The molecule has 19 heavy (non-hydrogen) atoms. The number of pyridine rings is 1. The monoisotopic (exact) mass is 339 g/mol. The molecule has 0 aliphatic rings. The second-order valence-corrected chi connectivity index (χ2v) is 5.06. The van der Waals surface area contributed by atoms with Crippen LogP contribution >= 0.6 is 27.5 Å². The number of halogens is 2. The van der Waals surface area contributed by atoms with Crippen molar-refractivity contribution in [2.24, 2.45) is 0 Å². The van der Waals surface area contributed by atoms with Crippen LogP contribution in [0, 0.1) is 0 Å². The molecule has 2 N–H and O–H groups in total. The van der Waals surface area contributed by atoms with E-state index in [-0.39, 0.29) is 11.6 Å². The molecule has 0 aliphatic carbocycles. The Labute approximate surface area is 124 Å². The Balaban J connectivity index is 2.25. The molecule has 0 bridgehead atoms. The van der Waals surface area contributed by atoms with Crippen LogP contribution in [-0.2, 0) is 0 Å². The molecule has 1 aromatic heterocycles. The number of nitrogens with zero attached hydrogens (tertiary/aromatic N) is 1. The summed E-state index contributed by atoms with van der Waals surface area (Å²) in [4.78, 5) is 16.3. The molecule has 1 amide bonds. The molecule has 0 saturated heterocycles. The number of benzene rings is 1. The van der Waals surface area contributed by atoms with Crippen molar-refractivity contribution in [1.82, 2.24) is 4.98 Å². The van der Waals surface area contributed by atoms with Gasteiger partial charge >= 0.3 is 0 Å². The van der Waals surface area contributed by atoms with Crippen LogP contribution < -0.4 is 10.6 Å². The number of aromatic nitrogens is 1. The van der Waals surface area contributed by atoms with Crippen LogP contribution in [-0.4, -0.2) is 17.9 Å². The van der Waals surface area contributed by atoms with Gasteiger partial charge in [-0.05, 0) is 30.3 Å². The summed E-state index contributed by atoms with van der Waals surface area (Å²) in [6, 6.07) is 10.6. The molecular formula is C13H11BrClN3O. The topological polar surface area (TPSA) is 54.0 Å². The number of rotatable bonds is 3. The van der Waals surface area contributed by atoms with E-state index in [4.69, 9.17) is 11.6 Å². The largest absolute Gasteiger partial charge is 0.373 e. The van der Waals surface area contributed by atoms with E-state index < -0.39 is 0 Å². The predicted molar refractivity (Wildman–Crippen MR) is 80.9 cm³/mol.